The first-order valence-corrected chi connectivity index (χ1v) is 9.38. The highest BCUT2D eigenvalue weighted by Gasteiger charge is 2.32. The van der Waals surface area contributed by atoms with Gasteiger partial charge in [-0.25, -0.2) is 4.98 Å². The zero-order valence-corrected chi connectivity index (χ0v) is 15.0. The largest absolute Gasteiger partial charge is 0.331 e. The molecule has 1 aromatic heterocycles. The number of nitrogens with one attached hydrogen (secondary N) is 1. The van der Waals surface area contributed by atoms with Crippen LogP contribution in [0.15, 0.2) is 18.2 Å². The summed E-state index contributed by atoms with van der Waals surface area (Å²) in [6.07, 6.45) is 3.99. The number of thiazole rings is 1. The van der Waals surface area contributed by atoms with Crippen LogP contribution in [0, 0.1) is 6.92 Å². The van der Waals surface area contributed by atoms with Gasteiger partial charge in [0.25, 0.3) is 0 Å². The fourth-order valence-corrected chi connectivity index (χ4v) is 4.14. The van der Waals surface area contributed by atoms with Gasteiger partial charge >= 0.3 is 0 Å². The van der Waals surface area contributed by atoms with Crippen LogP contribution in [0.4, 0.5) is 5.13 Å². The molecule has 1 aromatic carbocycles. The van der Waals surface area contributed by atoms with E-state index in [-0.39, 0.29) is 17.9 Å². The first-order valence-electron chi connectivity index (χ1n) is 8.56. The van der Waals surface area contributed by atoms with Crippen LogP contribution in [0.3, 0.4) is 0 Å². The lowest BCUT2D eigenvalue weighted by atomic mass is 10.0. The number of hydrogen-bond donors (Lipinski definition) is 1. The maximum atomic E-state index is 12.7. The Kier molecular flexibility index (Phi) is 5.14. The van der Waals surface area contributed by atoms with Gasteiger partial charge in [0.1, 0.15) is 6.04 Å². The normalized spacial score (nSPS) is 17.9. The fraction of sp³-hybridized carbons (Fsp3) is 0.500. The van der Waals surface area contributed by atoms with Crippen LogP contribution in [0.2, 0.25) is 0 Å². The minimum Gasteiger partial charge on any atom is -0.331 e. The minimum absolute atomic E-state index is 0.0810. The molecule has 0 radical (unpaired) electrons. The Labute approximate surface area is 146 Å². The molecule has 1 atom stereocenters. The number of rotatable bonds is 4. The summed E-state index contributed by atoms with van der Waals surface area (Å²) in [6, 6.07) is 5.65. The molecule has 0 spiro atoms. The molecule has 0 aliphatic carbocycles. The summed E-state index contributed by atoms with van der Waals surface area (Å²) in [5.41, 5.74) is 2.03. The van der Waals surface area contributed by atoms with Crippen LogP contribution >= 0.6 is 11.3 Å². The van der Waals surface area contributed by atoms with Crippen LogP contribution < -0.4 is 5.32 Å². The maximum absolute atomic E-state index is 12.7. The summed E-state index contributed by atoms with van der Waals surface area (Å²) in [6.45, 7) is 4.68. The van der Waals surface area contributed by atoms with Gasteiger partial charge in [0, 0.05) is 13.0 Å². The summed E-state index contributed by atoms with van der Waals surface area (Å²) in [7, 11) is 0. The first kappa shape index (κ1) is 16.9. The molecule has 1 saturated heterocycles. The third-order valence-corrected chi connectivity index (χ3v) is 5.38. The monoisotopic (exact) mass is 345 g/mol. The van der Waals surface area contributed by atoms with Gasteiger partial charge in [-0.3, -0.25) is 9.59 Å². The molecule has 128 valence electrons. The average Bonchev–Trinajstić information content (AvgIpc) is 2.99. The Morgan fingerprint density at radius 3 is 2.96 bits per heavy atom. The molecule has 0 saturated carbocycles. The number of benzene rings is 1. The van der Waals surface area contributed by atoms with Gasteiger partial charge in [0.2, 0.25) is 11.8 Å². The summed E-state index contributed by atoms with van der Waals surface area (Å²) in [5.74, 6) is -0.0339. The third-order valence-electron chi connectivity index (χ3n) is 4.44. The summed E-state index contributed by atoms with van der Waals surface area (Å²) < 4.78 is 1.06. The van der Waals surface area contributed by atoms with Crippen molar-refractivity contribution in [2.45, 2.75) is 52.0 Å². The summed E-state index contributed by atoms with van der Waals surface area (Å²) in [4.78, 5) is 31.3. The smallest absolute Gasteiger partial charge is 0.248 e. The van der Waals surface area contributed by atoms with E-state index in [0.29, 0.717) is 18.1 Å². The average molecular weight is 345 g/mol. The van der Waals surface area contributed by atoms with Crippen LogP contribution in [0.5, 0.6) is 0 Å². The highest BCUT2D eigenvalue weighted by atomic mass is 32.1. The number of para-hydroxylation sites is 1. The standard InChI is InChI=1S/C18H23N3O2S/c1-3-7-15(22)21-11-5-4-9-13(21)17(23)20-18-19-16-12(2)8-6-10-14(16)24-18/h6,8,10,13H,3-5,7,9,11H2,1-2H3,(H,19,20,23). The van der Waals surface area contributed by atoms with E-state index in [0.717, 1.165) is 41.5 Å². The van der Waals surface area contributed by atoms with Gasteiger partial charge in [0.15, 0.2) is 5.13 Å². The SMILES string of the molecule is CCCC(=O)N1CCCCC1C(=O)Nc1nc2c(C)cccc2s1. The quantitative estimate of drug-likeness (QED) is 0.918. The second-order valence-corrected chi connectivity index (χ2v) is 7.31. The van der Waals surface area contributed by atoms with Crippen LogP contribution in [-0.2, 0) is 9.59 Å². The highest BCUT2D eigenvalue weighted by molar-refractivity contribution is 7.22. The molecule has 2 aromatic rings. The van der Waals surface area contributed by atoms with E-state index in [1.165, 1.54) is 11.3 Å². The van der Waals surface area contributed by atoms with Crippen molar-refractivity contribution in [1.82, 2.24) is 9.88 Å². The molecular formula is C18H23N3O2S. The maximum Gasteiger partial charge on any atom is 0.248 e. The number of nitrogens with zero attached hydrogens (tertiary/aromatic N) is 2. The number of anilines is 1. The van der Waals surface area contributed by atoms with E-state index in [1.54, 1.807) is 4.90 Å². The molecule has 1 N–H and O–H groups in total. The predicted molar refractivity (Wildman–Crippen MR) is 97.2 cm³/mol. The highest BCUT2D eigenvalue weighted by Crippen LogP contribution is 2.28. The summed E-state index contributed by atoms with van der Waals surface area (Å²) in [5, 5.41) is 3.54. The molecule has 5 nitrogen and oxygen atoms in total. The Hall–Kier alpha value is -1.95. The van der Waals surface area contributed by atoms with E-state index < -0.39 is 0 Å². The molecule has 2 heterocycles. The van der Waals surface area contributed by atoms with Crippen LogP contribution in [0.1, 0.15) is 44.6 Å². The lowest BCUT2D eigenvalue weighted by Gasteiger charge is -2.34. The molecule has 0 bridgehead atoms. The number of aromatic nitrogens is 1. The van der Waals surface area contributed by atoms with Gasteiger partial charge in [0.05, 0.1) is 10.2 Å². The fourth-order valence-electron chi connectivity index (χ4n) is 3.19. The Morgan fingerprint density at radius 1 is 1.38 bits per heavy atom. The summed E-state index contributed by atoms with van der Waals surface area (Å²) >= 11 is 1.48. The molecule has 1 aliphatic heterocycles. The zero-order chi connectivity index (χ0) is 17.1. The van der Waals surface area contributed by atoms with Crippen LogP contribution in [0.25, 0.3) is 10.2 Å². The van der Waals surface area contributed by atoms with E-state index in [4.69, 9.17) is 0 Å². The van der Waals surface area contributed by atoms with E-state index in [1.807, 2.05) is 32.0 Å². The van der Waals surface area contributed by atoms with Crippen molar-refractivity contribution >= 4 is 38.5 Å². The van der Waals surface area contributed by atoms with Gasteiger partial charge in [-0.1, -0.05) is 30.4 Å². The van der Waals surface area contributed by atoms with Gasteiger partial charge < -0.3 is 10.2 Å². The minimum atomic E-state index is -0.370. The number of aryl methyl sites for hydroxylation is 1. The number of hydrogen-bond acceptors (Lipinski definition) is 4. The number of carbonyl (C=O) groups excluding carboxylic acids is 2. The van der Waals surface area contributed by atoms with Crippen molar-refractivity contribution in [2.75, 3.05) is 11.9 Å². The lowest BCUT2D eigenvalue weighted by molar-refractivity contribution is -0.140. The first-order chi connectivity index (χ1) is 11.6. The molecule has 24 heavy (non-hydrogen) atoms. The molecule has 1 fully saturated rings. The lowest BCUT2D eigenvalue weighted by Crippen LogP contribution is -2.49. The second-order valence-electron chi connectivity index (χ2n) is 6.28. The number of amides is 2. The molecule has 1 unspecified atom stereocenters. The number of piperidine rings is 1. The number of likely N-dealkylation sites (tertiary alicyclic amines) is 1. The van der Waals surface area contributed by atoms with Crippen molar-refractivity contribution in [1.29, 1.82) is 0 Å². The predicted octanol–water partition coefficient (Wildman–Crippen LogP) is 3.72. The number of carbonyl (C=O) groups is 2. The molecular weight excluding hydrogens is 322 g/mol. The van der Waals surface area contributed by atoms with E-state index in [9.17, 15) is 9.59 Å². The van der Waals surface area contributed by atoms with E-state index >= 15 is 0 Å². The Morgan fingerprint density at radius 2 is 2.21 bits per heavy atom. The molecule has 1 aliphatic rings. The van der Waals surface area contributed by atoms with Crippen molar-refractivity contribution < 1.29 is 9.59 Å². The van der Waals surface area contributed by atoms with Gasteiger partial charge in [-0.05, 0) is 44.2 Å². The Balaban J connectivity index is 1.76. The van der Waals surface area contributed by atoms with Crippen molar-refractivity contribution in [2.24, 2.45) is 0 Å². The van der Waals surface area contributed by atoms with Gasteiger partial charge in [-0.15, -0.1) is 0 Å². The van der Waals surface area contributed by atoms with Crippen molar-refractivity contribution in [3.63, 3.8) is 0 Å². The van der Waals surface area contributed by atoms with Gasteiger partial charge in [-0.2, -0.15) is 0 Å². The topological polar surface area (TPSA) is 62.3 Å². The molecule has 6 heteroatoms. The van der Waals surface area contributed by atoms with Crippen LogP contribution in [-0.4, -0.2) is 34.3 Å². The van der Waals surface area contributed by atoms with E-state index in [2.05, 4.69) is 10.3 Å². The zero-order valence-electron chi connectivity index (χ0n) is 14.2. The van der Waals surface area contributed by atoms with Crippen molar-refractivity contribution in [3.05, 3.63) is 23.8 Å². The second kappa shape index (κ2) is 7.30. The molecule has 3 rings (SSSR count). The number of fused-ring (bicyclic) bond motifs is 1. The Bertz CT molecular complexity index is 756. The third kappa shape index (κ3) is 3.43. The molecule has 2 amide bonds. The van der Waals surface area contributed by atoms with Crippen molar-refractivity contribution in [3.8, 4) is 0 Å².